The molecular formula is C40H22F10N4O6S. The summed E-state index contributed by atoms with van der Waals surface area (Å²) in [7, 11) is 3.33. The molecule has 0 saturated heterocycles. The number of aryl methyl sites for hydroxylation is 2. The van der Waals surface area contributed by atoms with Gasteiger partial charge in [0.05, 0.1) is 35.3 Å². The van der Waals surface area contributed by atoms with Crippen molar-refractivity contribution >= 4 is 57.6 Å². The first-order chi connectivity index (χ1) is 28.6. The normalized spacial score (nSPS) is 14.9. The number of hydrogen-bond acceptors (Lipinski definition) is 8. The highest BCUT2D eigenvalue weighted by atomic mass is 32.1. The van der Waals surface area contributed by atoms with Gasteiger partial charge in [0.1, 0.15) is 0 Å². The monoisotopic (exact) mass is 876 g/mol. The predicted molar refractivity (Wildman–Crippen MR) is 192 cm³/mol. The number of halogens is 10. The molecule has 0 bridgehead atoms. The fourth-order valence-electron chi connectivity index (χ4n) is 7.77. The molecule has 10 nitrogen and oxygen atoms in total. The zero-order valence-electron chi connectivity index (χ0n) is 31.4. The molecule has 5 aromatic rings. The van der Waals surface area contributed by atoms with Crippen LogP contribution in [0.25, 0.3) is 21.2 Å². The maximum Gasteiger partial charge on any atom is 0.263 e. The van der Waals surface area contributed by atoms with Crippen molar-refractivity contribution in [2.75, 3.05) is 27.2 Å². The number of carbonyl (C=O) groups is 6. The molecule has 61 heavy (non-hydrogen) atoms. The van der Waals surface area contributed by atoms with E-state index in [1.165, 1.54) is 13.8 Å². The minimum absolute atomic E-state index is 0.123. The van der Waals surface area contributed by atoms with Gasteiger partial charge in [-0.05, 0) is 45.6 Å². The highest BCUT2D eigenvalue weighted by molar-refractivity contribution is 7.16. The van der Waals surface area contributed by atoms with Crippen LogP contribution in [-0.4, -0.2) is 82.2 Å². The van der Waals surface area contributed by atoms with Crippen molar-refractivity contribution in [3.8, 4) is 10.4 Å². The second-order valence-corrected chi connectivity index (χ2v) is 15.7. The molecule has 0 saturated carbocycles. The number of rotatable bonds is 8. The Bertz CT molecular complexity index is 2930. The fraction of sp³-hybridized carbons (Fsp3) is 0.200. The Balaban J connectivity index is 1.40. The minimum Gasteiger partial charge on any atom is -0.308 e. The van der Waals surface area contributed by atoms with Crippen molar-refractivity contribution in [2.45, 2.75) is 26.9 Å². The second kappa shape index (κ2) is 14.0. The van der Waals surface area contributed by atoms with Crippen LogP contribution >= 0.6 is 11.3 Å². The first-order valence-corrected chi connectivity index (χ1v) is 18.5. The molecule has 3 aliphatic heterocycles. The van der Waals surface area contributed by atoms with E-state index in [4.69, 9.17) is 0 Å². The molecule has 8 rings (SSSR count). The molecule has 314 valence electrons. The van der Waals surface area contributed by atoms with E-state index in [2.05, 4.69) is 0 Å². The molecular weight excluding hydrogens is 855 g/mol. The highest BCUT2D eigenvalue weighted by Gasteiger charge is 2.47. The van der Waals surface area contributed by atoms with Crippen LogP contribution in [0.15, 0.2) is 12.1 Å². The van der Waals surface area contributed by atoms with E-state index in [1.807, 2.05) is 0 Å². The molecule has 0 N–H and O–H groups in total. The van der Waals surface area contributed by atoms with Crippen LogP contribution in [0, 0.1) is 72.0 Å². The summed E-state index contributed by atoms with van der Waals surface area (Å²) in [5.41, 5.74) is -6.53. The lowest BCUT2D eigenvalue weighted by atomic mass is 9.80. The van der Waals surface area contributed by atoms with Crippen LogP contribution in [0.4, 0.5) is 43.9 Å². The minimum atomic E-state index is -2.53. The molecule has 0 spiro atoms. The molecule has 0 radical (unpaired) electrons. The van der Waals surface area contributed by atoms with Gasteiger partial charge < -0.3 is 4.90 Å². The summed E-state index contributed by atoms with van der Waals surface area (Å²) >= 11 is 0.743. The van der Waals surface area contributed by atoms with Gasteiger partial charge in [0.2, 0.25) is 11.6 Å². The summed E-state index contributed by atoms with van der Waals surface area (Å²) in [6, 6.07) is 1.88. The number of nitrogens with zero attached hydrogens (tertiary/aromatic N) is 4. The molecule has 4 heterocycles. The quantitative estimate of drug-likeness (QED) is 0.0695. The van der Waals surface area contributed by atoms with Crippen molar-refractivity contribution in [1.29, 1.82) is 0 Å². The first-order valence-electron chi connectivity index (χ1n) is 17.6. The number of fused-ring (bicyclic) bond motifs is 1. The van der Waals surface area contributed by atoms with E-state index in [1.54, 1.807) is 19.0 Å². The number of benzene rings is 4. The van der Waals surface area contributed by atoms with Crippen molar-refractivity contribution in [3.05, 3.63) is 125 Å². The van der Waals surface area contributed by atoms with E-state index in [0.717, 1.165) is 28.4 Å². The maximum atomic E-state index is 15.0. The van der Waals surface area contributed by atoms with Crippen molar-refractivity contribution in [2.24, 2.45) is 0 Å². The molecule has 0 atom stereocenters. The Labute approximate surface area is 339 Å². The number of hydrogen-bond donors (Lipinski definition) is 0. The average Bonchev–Trinajstić information content (AvgIpc) is 3.69. The van der Waals surface area contributed by atoms with E-state index in [0.29, 0.717) is 0 Å². The van der Waals surface area contributed by atoms with Gasteiger partial charge in [0.15, 0.2) is 46.5 Å². The van der Waals surface area contributed by atoms with Crippen LogP contribution < -0.4 is 0 Å². The lowest BCUT2D eigenvalue weighted by molar-refractivity contribution is 0.0572. The molecule has 4 aromatic carbocycles. The molecule has 0 unspecified atom stereocenters. The van der Waals surface area contributed by atoms with Gasteiger partial charge in [0.25, 0.3) is 35.4 Å². The molecule has 0 fully saturated rings. The smallest absolute Gasteiger partial charge is 0.263 e. The van der Waals surface area contributed by atoms with Crippen molar-refractivity contribution in [1.82, 2.24) is 19.6 Å². The van der Waals surface area contributed by atoms with Crippen LogP contribution in [0.3, 0.4) is 0 Å². The van der Waals surface area contributed by atoms with Crippen LogP contribution in [-0.2, 0) is 13.1 Å². The van der Waals surface area contributed by atoms with E-state index >= 15 is 8.78 Å². The third kappa shape index (κ3) is 5.65. The number of imide groups is 3. The number of carbonyl (C=O) groups excluding carboxylic acids is 6. The summed E-state index contributed by atoms with van der Waals surface area (Å²) in [6.07, 6.45) is 0. The Kier molecular flexibility index (Phi) is 9.50. The Morgan fingerprint density at radius 2 is 0.869 bits per heavy atom. The van der Waals surface area contributed by atoms with Gasteiger partial charge in [-0.3, -0.25) is 43.5 Å². The van der Waals surface area contributed by atoms with Gasteiger partial charge in [-0.15, -0.1) is 11.3 Å². The van der Waals surface area contributed by atoms with Crippen LogP contribution in [0.5, 0.6) is 0 Å². The fourth-order valence-corrected chi connectivity index (χ4v) is 8.93. The van der Waals surface area contributed by atoms with Crippen molar-refractivity contribution in [3.63, 3.8) is 0 Å². The summed E-state index contributed by atoms with van der Waals surface area (Å²) in [6.45, 7) is -0.386. The summed E-state index contributed by atoms with van der Waals surface area (Å²) in [5.74, 6) is -31.4. The lowest BCUT2D eigenvalue weighted by Crippen LogP contribution is -2.44. The van der Waals surface area contributed by atoms with Crippen molar-refractivity contribution < 1.29 is 72.7 Å². The number of likely N-dealkylation sites (N-methyl/N-ethyl adjacent to an activating group) is 1. The predicted octanol–water partition coefficient (Wildman–Crippen LogP) is 7.33. The van der Waals surface area contributed by atoms with Gasteiger partial charge >= 0.3 is 0 Å². The summed E-state index contributed by atoms with van der Waals surface area (Å²) in [4.78, 5) is 88.0. The average molecular weight is 877 g/mol. The first kappa shape index (κ1) is 41.3. The Hall–Kier alpha value is -6.48. The molecule has 3 aliphatic rings. The van der Waals surface area contributed by atoms with E-state index in [9.17, 15) is 63.9 Å². The van der Waals surface area contributed by atoms with Crippen LogP contribution in [0.2, 0.25) is 0 Å². The lowest BCUT2D eigenvalue weighted by Gasteiger charge is -2.34. The highest BCUT2D eigenvalue weighted by Crippen LogP contribution is 2.49. The molecule has 21 heteroatoms. The van der Waals surface area contributed by atoms with Crippen LogP contribution in [0.1, 0.15) is 83.7 Å². The third-order valence-electron chi connectivity index (χ3n) is 10.7. The summed E-state index contributed by atoms with van der Waals surface area (Å²) in [5, 5.41) is -0.940. The third-order valence-corrected chi connectivity index (χ3v) is 11.9. The Morgan fingerprint density at radius 1 is 0.475 bits per heavy atom. The summed E-state index contributed by atoms with van der Waals surface area (Å²) < 4.78 is 145. The zero-order chi connectivity index (χ0) is 44.6. The number of amides is 6. The standard InChI is InChI=1S/C40H22F10N4O6S/c1-11-7-14-21-20-15(36(56)53(37(57)18(11)20)9-16-24(41)28(45)32(49)29(46)25(16)42)8-13(34-23-19(12(2)61-34)38(58)52(40(23)60)6-5-51(3)4)22(21)39(59)54(35(14)55)10-17-26(43)30(47)33(50)31(48)27(17)44/h7-8H,5-6,9-10H2,1-4H3. The zero-order valence-corrected chi connectivity index (χ0v) is 32.2. The van der Waals surface area contributed by atoms with E-state index < -0.39 is 156 Å². The number of thiophene rings is 1. The molecule has 1 aromatic heterocycles. The second-order valence-electron chi connectivity index (χ2n) is 14.5. The largest absolute Gasteiger partial charge is 0.308 e. The maximum absolute atomic E-state index is 15.0. The topological polar surface area (TPSA) is 115 Å². The Morgan fingerprint density at radius 3 is 1.34 bits per heavy atom. The van der Waals surface area contributed by atoms with Gasteiger partial charge in [-0.1, -0.05) is 0 Å². The molecule has 0 aliphatic carbocycles. The van der Waals surface area contributed by atoms with Gasteiger partial charge in [-0.25, -0.2) is 43.9 Å². The van der Waals surface area contributed by atoms with E-state index in [-0.39, 0.29) is 49.3 Å². The SMILES string of the molecule is Cc1cc2c3c(c(-c4sc(C)c5c4C(=O)N(CCN(C)C)C5=O)cc4c3c1C(=O)N(Cc1c(F)c(F)c(F)c(F)c1F)C4=O)C(=O)N(Cc1c(F)c(F)c(F)c(F)c1F)C2=O. The molecule has 6 amide bonds. The van der Waals surface area contributed by atoms with Gasteiger partial charge in [0, 0.05) is 61.4 Å². The van der Waals surface area contributed by atoms with Gasteiger partial charge in [-0.2, -0.15) is 0 Å².